The third kappa shape index (κ3) is 5.21. The molecule has 1 aliphatic carbocycles. The Kier molecular flexibility index (Phi) is 7.44. The molecule has 2 N–H and O–H groups in total. The fourth-order valence-corrected chi connectivity index (χ4v) is 6.17. The Bertz CT molecular complexity index is 693. The predicted octanol–water partition coefficient (Wildman–Crippen LogP) is 4.60. The van der Waals surface area contributed by atoms with Crippen LogP contribution in [0.3, 0.4) is 0 Å². The maximum Gasteiger partial charge on any atom is 0.150 e. The van der Waals surface area contributed by atoms with Gasteiger partial charge in [0, 0.05) is 25.6 Å². The summed E-state index contributed by atoms with van der Waals surface area (Å²) in [7, 11) is -1.62. The largest absolute Gasteiger partial charge is 0.307 e. The minimum atomic E-state index is -3.28. The number of aldehydes is 2. The van der Waals surface area contributed by atoms with Crippen LogP contribution < -0.4 is 0 Å². The fourth-order valence-electron chi connectivity index (χ4n) is 4.29. The minimum absolute atomic E-state index is 0.137. The van der Waals surface area contributed by atoms with E-state index in [1.807, 2.05) is 18.2 Å². The molecule has 0 radical (unpaired) electrons. The van der Waals surface area contributed by atoms with Gasteiger partial charge in [-0.15, -0.1) is 0 Å². The highest BCUT2D eigenvalue weighted by Crippen LogP contribution is 2.62. The molecule has 0 aliphatic heterocycles. The molecule has 7 heteroatoms. The number of benzene rings is 1. The fraction of sp³-hybridized carbons (Fsp3) is 0.619. The average Bonchev–Trinajstić information content (AvgIpc) is 2.82. The van der Waals surface area contributed by atoms with Gasteiger partial charge in [0.05, 0.1) is 5.75 Å². The molecule has 1 saturated carbocycles. The zero-order valence-electron chi connectivity index (χ0n) is 17.3. The zero-order valence-corrected chi connectivity index (χ0v) is 18.1. The maximum atomic E-state index is 11.1. The first-order valence-corrected chi connectivity index (χ1v) is 11.3. The maximum absolute atomic E-state index is 11.1. The van der Waals surface area contributed by atoms with Crippen LogP contribution in [0, 0.1) is 16.7 Å². The van der Waals surface area contributed by atoms with E-state index < -0.39 is 10.9 Å². The highest BCUT2D eigenvalue weighted by atomic mass is 32.3. The Balaban J connectivity index is 1.97. The topological polar surface area (TPSA) is 87.1 Å². The molecular formula is C21H33NO5S. The SMILES string of the molecule is CN(CCc1ccccc1C=O)OS(O)(O)CC1(C)CCC(CC=O)C1(C)C. The van der Waals surface area contributed by atoms with Crippen molar-refractivity contribution in [3.05, 3.63) is 35.4 Å². The van der Waals surface area contributed by atoms with Crippen molar-refractivity contribution in [2.45, 2.75) is 46.5 Å². The summed E-state index contributed by atoms with van der Waals surface area (Å²) >= 11 is 0. The molecule has 0 heterocycles. The first-order chi connectivity index (χ1) is 13.0. The van der Waals surface area contributed by atoms with E-state index in [4.69, 9.17) is 4.28 Å². The summed E-state index contributed by atoms with van der Waals surface area (Å²) in [5.41, 5.74) is 1.00. The van der Waals surface area contributed by atoms with Gasteiger partial charge >= 0.3 is 0 Å². The molecule has 0 saturated heterocycles. The number of nitrogens with zero attached hydrogens (tertiary/aromatic N) is 1. The van der Waals surface area contributed by atoms with Crippen LogP contribution in [0.1, 0.15) is 56.0 Å². The number of hydroxylamine groups is 2. The number of hydrogen-bond acceptors (Lipinski definition) is 6. The van der Waals surface area contributed by atoms with Crippen LogP contribution in [0.5, 0.6) is 0 Å². The zero-order chi connectivity index (χ0) is 21.0. The molecule has 0 aromatic heterocycles. The summed E-state index contributed by atoms with van der Waals surface area (Å²) in [5, 5.41) is 1.44. The Morgan fingerprint density at radius 3 is 2.57 bits per heavy atom. The molecule has 0 bridgehead atoms. The van der Waals surface area contributed by atoms with Gasteiger partial charge in [0.15, 0.2) is 0 Å². The minimum Gasteiger partial charge on any atom is -0.307 e. The van der Waals surface area contributed by atoms with E-state index in [9.17, 15) is 18.7 Å². The van der Waals surface area contributed by atoms with Crippen molar-refractivity contribution in [3.8, 4) is 0 Å². The molecule has 158 valence electrons. The number of carbonyl (C=O) groups excluding carboxylic acids is 2. The normalized spacial score (nSPS) is 25.0. The number of likely N-dealkylation sites (N-methyl/N-ethyl adjacent to an activating group) is 1. The molecule has 2 unspecified atom stereocenters. The van der Waals surface area contributed by atoms with E-state index >= 15 is 0 Å². The summed E-state index contributed by atoms with van der Waals surface area (Å²) in [6.07, 6.45) is 4.56. The van der Waals surface area contributed by atoms with Crippen molar-refractivity contribution in [3.63, 3.8) is 0 Å². The number of hydrogen-bond donors (Lipinski definition) is 2. The van der Waals surface area contributed by atoms with Gasteiger partial charge < -0.3 is 13.9 Å². The quantitative estimate of drug-likeness (QED) is 0.432. The summed E-state index contributed by atoms with van der Waals surface area (Å²) in [4.78, 5) is 22.1. The first kappa shape index (κ1) is 23.0. The molecular weight excluding hydrogens is 378 g/mol. The second-order valence-electron chi connectivity index (χ2n) is 8.66. The standard InChI is InChI=1S/C21H33NO5S/c1-20(2)19(11-14-23)9-12-21(20,3)16-28(25,26)27-22(4)13-10-17-7-5-6-8-18(17)15-24/h5-8,14-15,19,25-26H,9-13,16H2,1-4H3. The van der Waals surface area contributed by atoms with E-state index in [1.54, 1.807) is 13.1 Å². The van der Waals surface area contributed by atoms with Crippen LogP contribution in [0.25, 0.3) is 0 Å². The summed E-state index contributed by atoms with van der Waals surface area (Å²) in [6.45, 7) is 6.68. The van der Waals surface area contributed by atoms with Gasteiger partial charge in [-0.3, -0.25) is 4.79 Å². The van der Waals surface area contributed by atoms with Crippen molar-refractivity contribution >= 4 is 23.4 Å². The monoisotopic (exact) mass is 411 g/mol. The lowest BCUT2D eigenvalue weighted by atomic mass is 9.66. The van der Waals surface area contributed by atoms with Crippen LogP contribution in [0.2, 0.25) is 0 Å². The Morgan fingerprint density at radius 1 is 1.25 bits per heavy atom. The van der Waals surface area contributed by atoms with Gasteiger partial charge in [-0.2, -0.15) is 5.06 Å². The van der Waals surface area contributed by atoms with Crippen LogP contribution >= 0.6 is 10.9 Å². The lowest BCUT2D eigenvalue weighted by Gasteiger charge is -2.45. The lowest BCUT2D eigenvalue weighted by Crippen LogP contribution is -2.40. The summed E-state index contributed by atoms with van der Waals surface area (Å²) < 4.78 is 26.7. The van der Waals surface area contributed by atoms with E-state index in [0.29, 0.717) is 24.9 Å². The van der Waals surface area contributed by atoms with Crippen molar-refractivity contribution in [2.75, 3.05) is 19.3 Å². The molecule has 6 nitrogen and oxygen atoms in total. The lowest BCUT2D eigenvalue weighted by molar-refractivity contribution is -0.109. The first-order valence-electron chi connectivity index (χ1n) is 9.68. The van der Waals surface area contributed by atoms with E-state index in [1.165, 1.54) is 5.06 Å². The van der Waals surface area contributed by atoms with Crippen LogP contribution in [-0.2, 0) is 15.5 Å². The van der Waals surface area contributed by atoms with Crippen LogP contribution in [-0.4, -0.2) is 46.1 Å². The van der Waals surface area contributed by atoms with Gasteiger partial charge in [-0.05, 0) is 41.6 Å². The molecule has 1 aliphatic rings. The van der Waals surface area contributed by atoms with Crippen molar-refractivity contribution < 1.29 is 23.0 Å². The molecule has 28 heavy (non-hydrogen) atoms. The summed E-state index contributed by atoms with van der Waals surface area (Å²) in [5.74, 6) is 0.375. The van der Waals surface area contributed by atoms with E-state index in [0.717, 1.165) is 31.0 Å². The summed E-state index contributed by atoms with van der Waals surface area (Å²) in [6, 6.07) is 7.32. The highest BCUT2D eigenvalue weighted by Gasteiger charge is 2.53. The second-order valence-corrected chi connectivity index (χ2v) is 10.3. The molecule has 1 aromatic carbocycles. The van der Waals surface area contributed by atoms with E-state index in [2.05, 4.69) is 20.8 Å². The van der Waals surface area contributed by atoms with Gasteiger partial charge in [0.1, 0.15) is 23.4 Å². The molecule has 0 spiro atoms. The number of carbonyl (C=O) groups is 2. The predicted molar refractivity (Wildman–Crippen MR) is 112 cm³/mol. The second kappa shape index (κ2) is 9.05. The average molecular weight is 412 g/mol. The molecule has 1 fully saturated rings. The molecule has 1 aromatic rings. The highest BCUT2D eigenvalue weighted by molar-refractivity contribution is 8.20. The van der Waals surface area contributed by atoms with Crippen molar-refractivity contribution in [1.29, 1.82) is 0 Å². The van der Waals surface area contributed by atoms with Gasteiger partial charge in [-0.25, -0.2) is 4.28 Å². The van der Waals surface area contributed by atoms with Crippen molar-refractivity contribution in [2.24, 2.45) is 16.7 Å². The van der Waals surface area contributed by atoms with Gasteiger partial charge in [0.2, 0.25) is 0 Å². The number of rotatable bonds is 10. The third-order valence-electron chi connectivity index (χ3n) is 6.63. The Morgan fingerprint density at radius 2 is 1.93 bits per heavy atom. The van der Waals surface area contributed by atoms with Crippen molar-refractivity contribution in [1.82, 2.24) is 5.06 Å². The molecule has 2 atom stereocenters. The smallest absolute Gasteiger partial charge is 0.150 e. The molecule has 2 rings (SSSR count). The third-order valence-corrected chi connectivity index (χ3v) is 8.14. The van der Waals surface area contributed by atoms with Crippen LogP contribution in [0.4, 0.5) is 0 Å². The van der Waals surface area contributed by atoms with Gasteiger partial charge in [-0.1, -0.05) is 45.0 Å². The Hall–Kier alpha value is -1.25. The van der Waals surface area contributed by atoms with E-state index in [-0.39, 0.29) is 22.5 Å². The van der Waals surface area contributed by atoms with Crippen LogP contribution in [0.15, 0.2) is 24.3 Å². The molecule has 0 amide bonds. The van der Waals surface area contributed by atoms with Gasteiger partial charge in [0.25, 0.3) is 0 Å². The Labute approximate surface area is 169 Å².